The molecule has 1 aromatic rings. The summed E-state index contributed by atoms with van der Waals surface area (Å²) in [5, 5.41) is 1.67. The van der Waals surface area contributed by atoms with E-state index in [1.54, 1.807) is 19.2 Å². The monoisotopic (exact) mass is 288 g/mol. The number of halogens is 1. The molecule has 0 spiro atoms. The predicted molar refractivity (Wildman–Crippen MR) is 69.2 cm³/mol. The zero-order chi connectivity index (χ0) is 13.5. The van der Waals surface area contributed by atoms with E-state index < -0.39 is 10.0 Å². The van der Waals surface area contributed by atoms with E-state index in [9.17, 15) is 8.42 Å². The summed E-state index contributed by atoms with van der Waals surface area (Å²) >= 11 is 6.04. The van der Waals surface area contributed by atoms with Gasteiger partial charge in [-0.1, -0.05) is 17.7 Å². The van der Waals surface area contributed by atoms with E-state index in [1.165, 1.54) is 11.1 Å². The average Bonchev–Trinajstić information content (AvgIpc) is 2.52. The first kappa shape index (κ1) is 13.3. The van der Waals surface area contributed by atoms with Crippen LogP contribution >= 0.6 is 11.6 Å². The lowest BCUT2D eigenvalue weighted by molar-refractivity contribution is -0.114. The Morgan fingerprint density at radius 1 is 1.39 bits per heavy atom. The fourth-order valence-corrected chi connectivity index (χ4v) is 3.28. The minimum absolute atomic E-state index is 0.0908. The Labute approximate surface area is 111 Å². The van der Waals surface area contributed by atoms with Gasteiger partial charge in [-0.3, -0.25) is 4.84 Å². The molecule has 0 radical (unpaired) electrons. The first-order valence-corrected chi connectivity index (χ1v) is 7.19. The number of benzene rings is 1. The van der Waals surface area contributed by atoms with Crippen molar-refractivity contribution in [3.63, 3.8) is 0 Å². The normalized spacial score (nSPS) is 16.6. The van der Waals surface area contributed by atoms with Crippen LogP contribution in [0.1, 0.15) is 19.4 Å². The quantitative estimate of drug-likeness (QED) is 0.782. The van der Waals surface area contributed by atoms with E-state index >= 15 is 0 Å². The molecule has 0 amide bonds. The molecule has 0 atom stereocenters. The SMILES string of the molecule is CC(C)ON(C)C1=NS(=O)(=O)c2cccc(Cl)c21. The molecule has 0 bridgehead atoms. The highest BCUT2D eigenvalue weighted by atomic mass is 35.5. The summed E-state index contributed by atoms with van der Waals surface area (Å²) in [6.07, 6.45) is -0.0908. The van der Waals surface area contributed by atoms with E-state index in [4.69, 9.17) is 16.4 Å². The summed E-state index contributed by atoms with van der Waals surface area (Å²) in [6.45, 7) is 3.68. The van der Waals surface area contributed by atoms with Crippen molar-refractivity contribution < 1.29 is 13.3 Å². The van der Waals surface area contributed by atoms with Gasteiger partial charge in [0.05, 0.1) is 16.7 Å². The Morgan fingerprint density at radius 3 is 2.67 bits per heavy atom. The van der Waals surface area contributed by atoms with Crippen LogP contribution in [0.2, 0.25) is 5.02 Å². The molecule has 7 heteroatoms. The van der Waals surface area contributed by atoms with Crippen LogP contribution in [0, 0.1) is 0 Å². The largest absolute Gasteiger partial charge is 0.285 e. The third-order valence-corrected chi connectivity index (χ3v) is 3.98. The molecule has 98 valence electrons. The number of nitrogens with zero attached hydrogens (tertiary/aromatic N) is 2. The number of sulfonamides is 1. The van der Waals surface area contributed by atoms with Crippen LogP contribution in [0.15, 0.2) is 27.5 Å². The van der Waals surface area contributed by atoms with Crippen LogP contribution in [-0.2, 0) is 14.9 Å². The van der Waals surface area contributed by atoms with E-state index in [2.05, 4.69) is 4.40 Å². The molecule has 1 aliphatic rings. The van der Waals surface area contributed by atoms with Gasteiger partial charge in [-0.05, 0) is 26.0 Å². The number of fused-ring (bicyclic) bond motifs is 1. The number of rotatable bonds is 2. The number of hydroxylamine groups is 2. The van der Waals surface area contributed by atoms with Gasteiger partial charge in [-0.15, -0.1) is 4.40 Å². The second kappa shape index (κ2) is 4.53. The van der Waals surface area contributed by atoms with Gasteiger partial charge in [0.1, 0.15) is 4.90 Å². The van der Waals surface area contributed by atoms with Crippen molar-refractivity contribution >= 4 is 27.5 Å². The van der Waals surface area contributed by atoms with Crippen LogP contribution < -0.4 is 0 Å². The molecular formula is C11H13ClN2O3S. The summed E-state index contributed by atoms with van der Waals surface area (Å²) in [5.41, 5.74) is 0.391. The molecule has 0 unspecified atom stereocenters. The van der Waals surface area contributed by atoms with Crippen molar-refractivity contribution in [1.82, 2.24) is 5.06 Å². The predicted octanol–water partition coefficient (Wildman–Crippen LogP) is 2.06. The molecule has 18 heavy (non-hydrogen) atoms. The average molecular weight is 289 g/mol. The number of hydrogen-bond donors (Lipinski definition) is 0. The van der Waals surface area contributed by atoms with Crippen LogP contribution in [0.5, 0.6) is 0 Å². The number of hydrogen-bond acceptors (Lipinski definition) is 4. The standard InChI is InChI=1S/C11H13ClN2O3S/c1-7(2)17-14(3)11-10-8(12)5-4-6-9(10)18(15,16)13-11/h4-7H,1-3H3. The van der Waals surface area contributed by atoms with E-state index in [0.717, 1.165) is 0 Å². The lowest BCUT2D eigenvalue weighted by Crippen LogP contribution is -2.29. The summed E-state index contributed by atoms with van der Waals surface area (Å²) in [7, 11) is -2.07. The summed E-state index contributed by atoms with van der Waals surface area (Å²) in [4.78, 5) is 5.53. The van der Waals surface area contributed by atoms with Crippen LogP contribution in [0.4, 0.5) is 0 Å². The molecule has 2 rings (SSSR count). The Kier molecular flexibility index (Phi) is 3.35. The maximum atomic E-state index is 11.9. The lowest BCUT2D eigenvalue weighted by Gasteiger charge is -2.21. The molecule has 0 saturated carbocycles. The van der Waals surface area contributed by atoms with Crippen molar-refractivity contribution in [2.75, 3.05) is 7.05 Å². The fourth-order valence-electron chi connectivity index (χ4n) is 1.73. The van der Waals surface area contributed by atoms with Crippen molar-refractivity contribution in [1.29, 1.82) is 0 Å². The first-order valence-electron chi connectivity index (χ1n) is 5.37. The third kappa shape index (κ3) is 2.23. The van der Waals surface area contributed by atoms with Crippen molar-refractivity contribution in [2.45, 2.75) is 24.8 Å². The minimum Gasteiger partial charge on any atom is -0.270 e. The highest BCUT2D eigenvalue weighted by Gasteiger charge is 2.33. The number of amidine groups is 1. The zero-order valence-electron chi connectivity index (χ0n) is 10.2. The topological polar surface area (TPSA) is 59.0 Å². The van der Waals surface area contributed by atoms with Crippen LogP contribution in [0.3, 0.4) is 0 Å². The molecule has 5 nitrogen and oxygen atoms in total. The lowest BCUT2D eigenvalue weighted by atomic mass is 10.2. The Morgan fingerprint density at radius 2 is 2.06 bits per heavy atom. The molecular weight excluding hydrogens is 276 g/mol. The highest BCUT2D eigenvalue weighted by Crippen LogP contribution is 2.32. The third-order valence-electron chi connectivity index (χ3n) is 2.35. The molecule has 0 saturated heterocycles. The Bertz CT molecular complexity index is 611. The van der Waals surface area contributed by atoms with Crippen LogP contribution in [-0.4, -0.2) is 32.5 Å². The smallest absolute Gasteiger partial charge is 0.270 e. The highest BCUT2D eigenvalue weighted by molar-refractivity contribution is 7.90. The molecule has 1 aromatic carbocycles. The van der Waals surface area contributed by atoms with Gasteiger partial charge in [0.15, 0.2) is 5.84 Å². The summed E-state index contributed by atoms with van der Waals surface area (Å²) in [6, 6.07) is 4.69. The van der Waals surface area contributed by atoms with Gasteiger partial charge in [0.2, 0.25) is 0 Å². The van der Waals surface area contributed by atoms with E-state index in [0.29, 0.717) is 10.6 Å². The molecule has 0 aromatic heterocycles. The van der Waals surface area contributed by atoms with E-state index in [1.807, 2.05) is 13.8 Å². The molecule has 1 aliphatic heterocycles. The maximum absolute atomic E-state index is 11.9. The van der Waals surface area contributed by atoms with Crippen molar-refractivity contribution in [2.24, 2.45) is 4.40 Å². The molecule has 0 N–H and O–H groups in total. The van der Waals surface area contributed by atoms with E-state index in [-0.39, 0.29) is 16.8 Å². The van der Waals surface area contributed by atoms with Gasteiger partial charge in [-0.25, -0.2) is 5.06 Å². The van der Waals surface area contributed by atoms with Crippen molar-refractivity contribution in [3.8, 4) is 0 Å². The minimum atomic E-state index is -3.68. The second-order valence-electron chi connectivity index (χ2n) is 4.15. The van der Waals surface area contributed by atoms with Gasteiger partial charge < -0.3 is 0 Å². The van der Waals surface area contributed by atoms with Gasteiger partial charge in [-0.2, -0.15) is 8.42 Å². The zero-order valence-corrected chi connectivity index (χ0v) is 11.8. The summed E-state index contributed by atoms with van der Waals surface area (Å²) < 4.78 is 27.5. The maximum Gasteiger partial charge on any atom is 0.285 e. The van der Waals surface area contributed by atoms with Gasteiger partial charge in [0, 0.05) is 7.05 Å². The molecule has 0 aliphatic carbocycles. The Balaban J connectivity index is 2.53. The van der Waals surface area contributed by atoms with Crippen LogP contribution in [0.25, 0.3) is 0 Å². The fraction of sp³-hybridized carbons (Fsp3) is 0.364. The second-order valence-corrected chi connectivity index (χ2v) is 6.13. The summed E-state index contributed by atoms with van der Waals surface area (Å²) in [5.74, 6) is 0.212. The molecule has 0 fully saturated rings. The molecule has 1 heterocycles. The van der Waals surface area contributed by atoms with Gasteiger partial charge >= 0.3 is 0 Å². The Hall–Kier alpha value is -1.11. The van der Waals surface area contributed by atoms with Crippen molar-refractivity contribution in [3.05, 3.63) is 28.8 Å². The first-order chi connectivity index (χ1) is 8.33. The van der Waals surface area contributed by atoms with Gasteiger partial charge in [0.25, 0.3) is 10.0 Å².